The summed E-state index contributed by atoms with van der Waals surface area (Å²) in [4.78, 5) is 11.8. The van der Waals surface area contributed by atoms with Crippen molar-refractivity contribution >= 4 is 14.3 Å². The van der Waals surface area contributed by atoms with E-state index < -0.39 is 8.32 Å². The molecule has 0 saturated heterocycles. The van der Waals surface area contributed by atoms with Gasteiger partial charge in [0.2, 0.25) is 8.32 Å². The van der Waals surface area contributed by atoms with E-state index in [1.165, 1.54) is 7.11 Å². The normalized spacial score (nSPS) is 23.8. The quantitative estimate of drug-likeness (QED) is 0.564. The van der Waals surface area contributed by atoms with Gasteiger partial charge in [-0.3, -0.25) is 0 Å². The lowest BCUT2D eigenvalue weighted by Gasteiger charge is -2.36. The summed E-state index contributed by atoms with van der Waals surface area (Å²) in [5, 5.41) is 0.813. The maximum atomic E-state index is 11.8. The molecular formula is C12H22O3Si. The summed E-state index contributed by atoms with van der Waals surface area (Å²) in [6.45, 7) is 10.5. The van der Waals surface area contributed by atoms with Crippen molar-refractivity contribution in [2.75, 3.05) is 7.11 Å². The van der Waals surface area contributed by atoms with Gasteiger partial charge in [-0.1, -0.05) is 27.7 Å². The highest BCUT2D eigenvalue weighted by atomic mass is 28.4. The molecule has 1 rings (SSSR count). The van der Waals surface area contributed by atoms with Crippen LogP contribution in [0.25, 0.3) is 0 Å². The van der Waals surface area contributed by atoms with Crippen molar-refractivity contribution in [2.45, 2.75) is 51.8 Å². The largest absolute Gasteiger partial charge is 0.466 e. The maximum absolute atomic E-state index is 11.8. The summed E-state index contributed by atoms with van der Waals surface area (Å²) in [7, 11) is -0.741. The average molecular weight is 242 g/mol. The second-order valence-corrected chi connectivity index (χ2v) is 9.67. The van der Waals surface area contributed by atoms with E-state index in [0.717, 1.165) is 5.20 Å². The fourth-order valence-electron chi connectivity index (χ4n) is 2.67. The van der Waals surface area contributed by atoms with Crippen molar-refractivity contribution in [3.8, 4) is 0 Å². The molecule has 0 saturated carbocycles. The standard InChI is InChI=1S/C12H22O3Si/c1-8(2)16(9(3)4)11(12(13)14-6)7-10(5)15-16/h7-10H,1-6H3. The molecule has 0 spiro atoms. The van der Waals surface area contributed by atoms with Crippen LogP contribution in [0.4, 0.5) is 0 Å². The molecule has 0 fully saturated rings. The van der Waals surface area contributed by atoms with E-state index in [-0.39, 0.29) is 12.1 Å². The molecule has 0 radical (unpaired) electrons. The summed E-state index contributed by atoms with van der Waals surface area (Å²) < 4.78 is 11.0. The Bertz CT molecular complexity index is 299. The average Bonchev–Trinajstić information content (AvgIpc) is 2.56. The third-order valence-corrected chi connectivity index (χ3v) is 8.73. The monoisotopic (exact) mass is 242 g/mol. The number of esters is 1. The molecule has 0 bridgehead atoms. The molecule has 1 heterocycles. The predicted octanol–water partition coefficient (Wildman–Crippen LogP) is 2.81. The molecule has 1 unspecified atom stereocenters. The first-order valence-electron chi connectivity index (χ1n) is 5.84. The highest BCUT2D eigenvalue weighted by Gasteiger charge is 2.53. The van der Waals surface area contributed by atoms with Crippen molar-refractivity contribution in [1.29, 1.82) is 0 Å². The Hall–Kier alpha value is -0.613. The maximum Gasteiger partial charge on any atom is 0.331 e. The Labute approximate surface area is 99.0 Å². The number of methoxy groups -OCH3 is 1. The van der Waals surface area contributed by atoms with Gasteiger partial charge < -0.3 is 9.16 Å². The minimum atomic E-state index is -2.18. The van der Waals surface area contributed by atoms with E-state index in [1.807, 2.05) is 13.0 Å². The lowest BCUT2D eigenvalue weighted by molar-refractivity contribution is -0.135. The Morgan fingerprint density at radius 2 is 1.88 bits per heavy atom. The molecule has 3 nitrogen and oxygen atoms in total. The van der Waals surface area contributed by atoms with Crippen molar-refractivity contribution in [3.05, 3.63) is 11.3 Å². The third-order valence-electron chi connectivity index (χ3n) is 3.32. The first-order chi connectivity index (χ1) is 7.36. The molecule has 4 heteroatoms. The van der Waals surface area contributed by atoms with Crippen molar-refractivity contribution in [1.82, 2.24) is 0 Å². The highest BCUT2D eigenvalue weighted by molar-refractivity contribution is 6.87. The highest BCUT2D eigenvalue weighted by Crippen LogP contribution is 2.44. The summed E-state index contributed by atoms with van der Waals surface area (Å²) in [5.41, 5.74) is 0.755. The van der Waals surface area contributed by atoms with Gasteiger partial charge in [0.05, 0.1) is 18.4 Å². The number of ether oxygens (including phenoxy) is 1. The van der Waals surface area contributed by atoms with Gasteiger partial charge in [0.25, 0.3) is 0 Å². The Morgan fingerprint density at radius 3 is 2.25 bits per heavy atom. The number of carbonyl (C=O) groups excluding carboxylic acids is 1. The van der Waals surface area contributed by atoms with Gasteiger partial charge in [0, 0.05) is 0 Å². The van der Waals surface area contributed by atoms with Crippen LogP contribution in [0.1, 0.15) is 34.6 Å². The van der Waals surface area contributed by atoms with Gasteiger partial charge in [-0.25, -0.2) is 4.79 Å². The van der Waals surface area contributed by atoms with E-state index in [4.69, 9.17) is 9.16 Å². The van der Waals surface area contributed by atoms with E-state index in [0.29, 0.717) is 11.1 Å². The summed E-state index contributed by atoms with van der Waals surface area (Å²) >= 11 is 0. The second kappa shape index (κ2) is 4.71. The molecular weight excluding hydrogens is 220 g/mol. The van der Waals surface area contributed by atoms with Crippen LogP contribution < -0.4 is 0 Å². The summed E-state index contributed by atoms with van der Waals surface area (Å²) in [5.74, 6) is -0.210. The molecule has 1 atom stereocenters. The van der Waals surface area contributed by atoms with Crippen molar-refractivity contribution in [2.24, 2.45) is 0 Å². The number of carbonyl (C=O) groups is 1. The zero-order valence-electron chi connectivity index (χ0n) is 11.0. The van der Waals surface area contributed by atoms with Crippen LogP contribution in [0.2, 0.25) is 11.1 Å². The third kappa shape index (κ3) is 1.96. The minimum Gasteiger partial charge on any atom is -0.466 e. The lowest BCUT2D eigenvalue weighted by Crippen LogP contribution is -2.47. The Kier molecular flexibility index (Phi) is 3.96. The zero-order chi connectivity index (χ0) is 12.5. The van der Waals surface area contributed by atoms with Crippen LogP contribution >= 0.6 is 0 Å². The van der Waals surface area contributed by atoms with Crippen LogP contribution in [0.15, 0.2) is 11.3 Å². The van der Waals surface area contributed by atoms with Crippen molar-refractivity contribution < 1.29 is 14.0 Å². The van der Waals surface area contributed by atoms with Crippen LogP contribution in [-0.4, -0.2) is 27.5 Å². The van der Waals surface area contributed by atoms with Gasteiger partial charge in [-0.2, -0.15) is 0 Å². The van der Waals surface area contributed by atoms with Crippen molar-refractivity contribution in [3.63, 3.8) is 0 Å². The molecule has 0 aliphatic carbocycles. The molecule has 0 aromatic carbocycles. The van der Waals surface area contributed by atoms with E-state index in [1.54, 1.807) is 0 Å². The fraction of sp³-hybridized carbons (Fsp3) is 0.750. The first kappa shape index (κ1) is 13.5. The van der Waals surface area contributed by atoms with Gasteiger partial charge in [-0.15, -0.1) is 0 Å². The molecule has 1 aliphatic rings. The fourth-order valence-corrected chi connectivity index (χ4v) is 7.52. The molecule has 0 aromatic rings. The number of rotatable bonds is 3. The molecule has 1 aliphatic heterocycles. The topological polar surface area (TPSA) is 35.5 Å². The lowest BCUT2D eigenvalue weighted by atomic mass is 10.3. The van der Waals surface area contributed by atoms with Crippen LogP contribution in [0.5, 0.6) is 0 Å². The molecule has 92 valence electrons. The zero-order valence-corrected chi connectivity index (χ0v) is 12.0. The van der Waals surface area contributed by atoms with Gasteiger partial charge in [0.1, 0.15) is 0 Å². The van der Waals surface area contributed by atoms with E-state index in [9.17, 15) is 4.79 Å². The van der Waals surface area contributed by atoms with Gasteiger partial charge in [-0.05, 0) is 24.1 Å². The van der Waals surface area contributed by atoms with Crippen LogP contribution in [0, 0.1) is 0 Å². The van der Waals surface area contributed by atoms with Crippen LogP contribution in [0.3, 0.4) is 0 Å². The Balaban J connectivity index is 3.19. The SMILES string of the molecule is COC(=O)C1=CC(C)O[Si]1(C(C)C)C(C)C. The smallest absolute Gasteiger partial charge is 0.331 e. The molecule has 0 aromatic heterocycles. The number of hydrogen-bond acceptors (Lipinski definition) is 3. The minimum absolute atomic E-state index is 0.0329. The summed E-state index contributed by atoms with van der Waals surface area (Å²) in [6, 6.07) is 0. The van der Waals surface area contributed by atoms with Crippen LogP contribution in [-0.2, 0) is 14.0 Å². The number of hydrogen-bond donors (Lipinski definition) is 0. The van der Waals surface area contributed by atoms with Gasteiger partial charge in [0.15, 0.2) is 0 Å². The van der Waals surface area contributed by atoms with Gasteiger partial charge >= 0.3 is 5.97 Å². The molecule has 0 amide bonds. The first-order valence-corrected chi connectivity index (χ1v) is 7.91. The molecule has 0 N–H and O–H groups in total. The second-order valence-electron chi connectivity index (χ2n) is 5.00. The van der Waals surface area contributed by atoms with E-state index >= 15 is 0 Å². The predicted molar refractivity (Wildman–Crippen MR) is 66.6 cm³/mol. The summed E-state index contributed by atoms with van der Waals surface area (Å²) in [6.07, 6.45) is 1.98. The Morgan fingerprint density at radius 1 is 1.38 bits per heavy atom. The molecule has 16 heavy (non-hydrogen) atoms. The van der Waals surface area contributed by atoms with E-state index in [2.05, 4.69) is 27.7 Å².